The average Bonchev–Trinajstić information content (AvgIpc) is 2.22. The van der Waals surface area contributed by atoms with E-state index in [1.807, 2.05) is 25.1 Å². The largest absolute Gasteiger partial charge is 0.259 e. The Bertz CT molecular complexity index is 498. The standard InChI is InChI=1S/C11H8Cl2N2/c1-7-2-3-9(12)8(4-7)10-5-14-6-11(13)15-10/h2-6H,1H3. The van der Waals surface area contributed by atoms with Crippen LogP contribution in [0.4, 0.5) is 0 Å². The Morgan fingerprint density at radius 1 is 1.13 bits per heavy atom. The third kappa shape index (κ3) is 2.28. The molecule has 0 spiro atoms. The van der Waals surface area contributed by atoms with E-state index in [9.17, 15) is 0 Å². The number of hydrogen-bond acceptors (Lipinski definition) is 2. The van der Waals surface area contributed by atoms with Gasteiger partial charge in [0.1, 0.15) is 5.15 Å². The van der Waals surface area contributed by atoms with Crippen LogP contribution in [0, 0.1) is 6.92 Å². The highest BCUT2D eigenvalue weighted by Crippen LogP contribution is 2.27. The summed E-state index contributed by atoms with van der Waals surface area (Å²) < 4.78 is 0. The maximum Gasteiger partial charge on any atom is 0.148 e. The van der Waals surface area contributed by atoms with Crippen LogP contribution in [-0.2, 0) is 0 Å². The van der Waals surface area contributed by atoms with Gasteiger partial charge in [-0.05, 0) is 19.1 Å². The van der Waals surface area contributed by atoms with Crippen molar-refractivity contribution in [1.29, 1.82) is 0 Å². The lowest BCUT2D eigenvalue weighted by Crippen LogP contribution is -1.88. The van der Waals surface area contributed by atoms with Gasteiger partial charge in [0.2, 0.25) is 0 Å². The molecule has 1 aromatic carbocycles. The summed E-state index contributed by atoms with van der Waals surface area (Å²) in [6, 6.07) is 5.75. The van der Waals surface area contributed by atoms with Gasteiger partial charge >= 0.3 is 0 Å². The number of aromatic nitrogens is 2. The minimum atomic E-state index is 0.366. The Labute approximate surface area is 97.9 Å². The van der Waals surface area contributed by atoms with Crippen molar-refractivity contribution >= 4 is 23.2 Å². The van der Waals surface area contributed by atoms with Crippen molar-refractivity contribution < 1.29 is 0 Å². The number of benzene rings is 1. The molecule has 15 heavy (non-hydrogen) atoms. The molecular formula is C11H8Cl2N2. The summed E-state index contributed by atoms with van der Waals surface area (Å²) in [4.78, 5) is 8.14. The van der Waals surface area contributed by atoms with E-state index < -0.39 is 0 Å². The zero-order chi connectivity index (χ0) is 10.8. The second-order valence-corrected chi connectivity index (χ2v) is 4.00. The fourth-order valence-corrected chi connectivity index (χ4v) is 1.67. The van der Waals surface area contributed by atoms with Crippen LogP contribution in [0.2, 0.25) is 10.2 Å². The van der Waals surface area contributed by atoms with Crippen molar-refractivity contribution in [3.63, 3.8) is 0 Å². The third-order valence-electron chi connectivity index (χ3n) is 2.00. The molecule has 0 N–H and O–H groups in total. The molecule has 0 aliphatic rings. The second-order valence-electron chi connectivity index (χ2n) is 3.21. The van der Waals surface area contributed by atoms with Crippen molar-refractivity contribution in [1.82, 2.24) is 9.97 Å². The maximum atomic E-state index is 6.07. The molecule has 0 unspecified atom stereocenters. The molecule has 2 nitrogen and oxygen atoms in total. The molecule has 76 valence electrons. The predicted octanol–water partition coefficient (Wildman–Crippen LogP) is 3.76. The summed E-state index contributed by atoms with van der Waals surface area (Å²) in [6.07, 6.45) is 3.14. The van der Waals surface area contributed by atoms with E-state index in [0.717, 1.165) is 11.1 Å². The Morgan fingerprint density at radius 3 is 2.67 bits per heavy atom. The molecule has 0 aliphatic carbocycles. The van der Waals surface area contributed by atoms with Crippen molar-refractivity contribution in [2.24, 2.45) is 0 Å². The number of halogens is 2. The van der Waals surface area contributed by atoms with Gasteiger partial charge in [0.05, 0.1) is 23.1 Å². The summed E-state index contributed by atoms with van der Waals surface area (Å²) >= 11 is 11.8. The van der Waals surface area contributed by atoms with Gasteiger partial charge in [0.25, 0.3) is 0 Å². The van der Waals surface area contributed by atoms with Crippen LogP contribution in [0.15, 0.2) is 30.6 Å². The van der Waals surface area contributed by atoms with Crippen molar-refractivity contribution in [2.45, 2.75) is 6.92 Å². The molecule has 2 rings (SSSR count). The van der Waals surface area contributed by atoms with E-state index >= 15 is 0 Å². The lowest BCUT2D eigenvalue weighted by Gasteiger charge is -2.04. The van der Waals surface area contributed by atoms with Crippen LogP contribution < -0.4 is 0 Å². The number of aryl methyl sites for hydroxylation is 1. The summed E-state index contributed by atoms with van der Waals surface area (Å²) in [5.74, 6) is 0. The summed E-state index contributed by atoms with van der Waals surface area (Å²) in [5.41, 5.74) is 2.67. The fraction of sp³-hybridized carbons (Fsp3) is 0.0909. The summed E-state index contributed by atoms with van der Waals surface area (Å²) in [7, 11) is 0. The molecule has 0 saturated carbocycles. The van der Waals surface area contributed by atoms with Crippen LogP contribution in [-0.4, -0.2) is 9.97 Å². The number of hydrogen-bond donors (Lipinski definition) is 0. The smallest absolute Gasteiger partial charge is 0.148 e. The Balaban J connectivity index is 2.58. The highest BCUT2D eigenvalue weighted by molar-refractivity contribution is 6.33. The highest BCUT2D eigenvalue weighted by Gasteiger charge is 2.05. The van der Waals surface area contributed by atoms with Crippen molar-refractivity contribution in [3.8, 4) is 11.3 Å². The van der Waals surface area contributed by atoms with Gasteiger partial charge in [0, 0.05) is 5.56 Å². The van der Waals surface area contributed by atoms with E-state index in [2.05, 4.69) is 9.97 Å². The minimum absolute atomic E-state index is 0.366. The van der Waals surface area contributed by atoms with Crippen molar-refractivity contribution in [2.75, 3.05) is 0 Å². The van der Waals surface area contributed by atoms with E-state index in [4.69, 9.17) is 23.2 Å². The first-order chi connectivity index (χ1) is 7.16. The predicted molar refractivity (Wildman–Crippen MR) is 62.2 cm³/mol. The molecule has 1 heterocycles. The van der Waals surface area contributed by atoms with Gasteiger partial charge in [-0.3, -0.25) is 4.98 Å². The molecular weight excluding hydrogens is 231 g/mol. The van der Waals surface area contributed by atoms with Crippen molar-refractivity contribution in [3.05, 3.63) is 46.3 Å². The first kappa shape index (κ1) is 10.4. The van der Waals surface area contributed by atoms with Gasteiger partial charge in [-0.2, -0.15) is 0 Å². The number of nitrogens with zero attached hydrogens (tertiary/aromatic N) is 2. The molecule has 4 heteroatoms. The van der Waals surface area contributed by atoms with Gasteiger partial charge in [-0.15, -0.1) is 0 Å². The monoisotopic (exact) mass is 238 g/mol. The first-order valence-electron chi connectivity index (χ1n) is 4.41. The first-order valence-corrected chi connectivity index (χ1v) is 5.16. The Hall–Kier alpha value is -1.12. The molecule has 0 saturated heterocycles. The van der Waals surface area contributed by atoms with Crippen LogP contribution in [0.1, 0.15) is 5.56 Å². The molecule has 0 amide bonds. The van der Waals surface area contributed by atoms with Crippen LogP contribution in [0.5, 0.6) is 0 Å². The quantitative estimate of drug-likeness (QED) is 0.757. The van der Waals surface area contributed by atoms with E-state index in [1.54, 1.807) is 6.20 Å². The Kier molecular flexibility index (Phi) is 2.89. The van der Waals surface area contributed by atoms with Crippen LogP contribution >= 0.6 is 23.2 Å². The summed E-state index contributed by atoms with van der Waals surface area (Å²) in [5, 5.41) is 1.02. The SMILES string of the molecule is Cc1ccc(Cl)c(-c2cncc(Cl)n2)c1. The molecule has 0 aliphatic heterocycles. The maximum absolute atomic E-state index is 6.07. The van der Waals surface area contributed by atoms with Gasteiger partial charge in [-0.1, -0.05) is 34.8 Å². The molecule has 0 bridgehead atoms. The van der Waals surface area contributed by atoms with E-state index in [-0.39, 0.29) is 0 Å². The van der Waals surface area contributed by atoms with Gasteiger partial charge < -0.3 is 0 Å². The van der Waals surface area contributed by atoms with E-state index in [0.29, 0.717) is 15.9 Å². The van der Waals surface area contributed by atoms with Gasteiger partial charge in [-0.25, -0.2) is 4.98 Å². The average molecular weight is 239 g/mol. The lowest BCUT2D eigenvalue weighted by molar-refractivity contribution is 1.20. The van der Waals surface area contributed by atoms with Gasteiger partial charge in [0.15, 0.2) is 0 Å². The topological polar surface area (TPSA) is 25.8 Å². The molecule has 0 radical (unpaired) electrons. The van der Waals surface area contributed by atoms with Crippen LogP contribution in [0.3, 0.4) is 0 Å². The second kappa shape index (κ2) is 4.17. The fourth-order valence-electron chi connectivity index (χ4n) is 1.31. The zero-order valence-electron chi connectivity index (χ0n) is 8.04. The molecule has 0 fully saturated rings. The molecule has 1 aromatic heterocycles. The molecule has 2 aromatic rings. The van der Waals surface area contributed by atoms with Crippen LogP contribution in [0.25, 0.3) is 11.3 Å². The minimum Gasteiger partial charge on any atom is -0.259 e. The zero-order valence-corrected chi connectivity index (χ0v) is 9.55. The third-order valence-corrected chi connectivity index (χ3v) is 2.51. The normalized spacial score (nSPS) is 10.3. The highest BCUT2D eigenvalue weighted by atomic mass is 35.5. The molecule has 0 atom stereocenters. The number of rotatable bonds is 1. The lowest BCUT2D eigenvalue weighted by atomic mass is 10.1. The Morgan fingerprint density at radius 2 is 1.93 bits per heavy atom. The summed E-state index contributed by atoms with van der Waals surface area (Å²) in [6.45, 7) is 2.00. The van der Waals surface area contributed by atoms with E-state index in [1.165, 1.54) is 6.20 Å².